The van der Waals surface area contributed by atoms with Crippen molar-refractivity contribution in [3.05, 3.63) is 66.2 Å². The molecule has 3 aromatic heterocycles. The van der Waals surface area contributed by atoms with Gasteiger partial charge in [0, 0.05) is 57.0 Å². The van der Waals surface area contributed by atoms with E-state index in [-0.39, 0.29) is 6.04 Å². The quantitative estimate of drug-likeness (QED) is 0.260. The fraction of sp³-hybridized carbons (Fsp3) is 0.438. The van der Waals surface area contributed by atoms with E-state index in [1.54, 1.807) is 6.20 Å². The number of imidazole rings is 2. The molecule has 5 aromatic rings. The lowest BCUT2D eigenvalue weighted by Crippen LogP contribution is -2.41. The van der Waals surface area contributed by atoms with Gasteiger partial charge in [-0.1, -0.05) is 12.1 Å². The van der Waals surface area contributed by atoms with Crippen LogP contribution in [0.1, 0.15) is 36.9 Å². The van der Waals surface area contributed by atoms with Gasteiger partial charge in [0.25, 0.3) is 0 Å². The van der Waals surface area contributed by atoms with Crippen molar-refractivity contribution in [3.63, 3.8) is 0 Å². The Hall–Kier alpha value is -3.69. The molecule has 9 heteroatoms. The summed E-state index contributed by atoms with van der Waals surface area (Å²) in [5.41, 5.74) is 12.9. The van der Waals surface area contributed by atoms with Crippen molar-refractivity contribution in [3.8, 4) is 17.3 Å². The molecule has 214 valence electrons. The Morgan fingerprint density at radius 2 is 2.05 bits per heavy atom. The number of halogens is 1. The maximum atomic E-state index is 13.0. The van der Waals surface area contributed by atoms with Gasteiger partial charge < -0.3 is 24.2 Å². The maximum Gasteiger partial charge on any atom is 0.157 e. The van der Waals surface area contributed by atoms with E-state index in [9.17, 15) is 4.39 Å². The first-order valence-corrected chi connectivity index (χ1v) is 14.7. The predicted molar refractivity (Wildman–Crippen MR) is 160 cm³/mol. The lowest BCUT2D eigenvalue weighted by Gasteiger charge is -2.30. The second kappa shape index (κ2) is 10.6. The van der Waals surface area contributed by atoms with Gasteiger partial charge in [0.05, 0.1) is 34.6 Å². The third-order valence-electron chi connectivity index (χ3n) is 8.75. The molecule has 1 aliphatic carbocycles. The minimum Gasteiger partial charge on any atom is -0.489 e. The number of benzene rings is 2. The van der Waals surface area contributed by atoms with Crippen LogP contribution in [0.2, 0.25) is 0 Å². The van der Waals surface area contributed by atoms with Crippen molar-refractivity contribution in [2.24, 2.45) is 18.7 Å². The monoisotopic (exact) mass is 555 g/mol. The van der Waals surface area contributed by atoms with E-state index in [1.807, 2.05) is 12.5 Å². The molecule has 7 rings (SSSR count). The van der Waals surface area contributed by atoms with Crippen LogP contribution < -0.4 is 10.5 Å². The Kier molecular flexibility index (Phi) is 6.79. The van der Waals surface area contributed by atoms with Crippen LogP contribution in [0.5, 0.6) is 5.75 Å². The Morgan fingerprint density at radius 1 is 1.17 bits per heavy atom. The van der Waals surface area contributed by atoms with Crippen LogP contribution in [-0.2, 0) is 26.6 Å². The number of rotatable bonds is 10. The van der Waals surface area contributed by atoms with Crippen molar-refractivity contribution in [2.75, 3.05) is 26.4 Å². The van der Waals surface area contributed by atoms with Gasteiger partial charge in [-0.2, -0.15) is 0 Å². The highest BCUT2D eigenvalue weighted by Crippen LogP contribution is 2.39. The van der Waals surface area contributed by atoms with E-state index in [2.05, 4.69) is 74.0 Å². The van der Waals surface area contributed by atoms with Gasteiger partial charge in [-0.3, -0.25) is 4.90 Å². The van der Waals surface area contributed by atoms with Crippen molar-refractivity contribution in [1.29, 1.82) is 0 Å². The summed E-state index contributed by atoms with van der Waals surface area (Å²) in [7, 11) is 2.12. The summed E-state index contributed by atoms with van der Waals surface area (Å²) in [5, 5.41) is 1.17. The third-order valence-corrected chi connectivity index (χ3v) is 8.75. The number of aryl methyl sites for hydroxylation is 1. The first-order valence-electron chi connectivity index (χ1n) is 14.7. The van der Waals surface area contributed by atoms with Gasteiger partial charge in [-0.05, 0) is 67.5 Å². The third kappa shape index (κ3) is 5.02. The SMILES string of the molecule is CC(COc1cccc2cc(-c3nc4cc5c(cc4n3C)CCN(CC(N)CF)C5)n(CC3CC3)c12)n1ccnc1. The zero-order valence-corrected chi connectivity index (χ0v) is 23.8. The molecule has 4 heterocycles. The molecule has 2 N–H and O–H groups in total. The van der Waals surface area contributed by atoms with Crippen LogP contribution in [0, 0.1) is 5.92 Å². The van der Waals surface area contributed by atoms with E-state index in [0.29, 0.717) is 19.1 Å². The highest BCUT2D eigenvalue weighted by atomic mass is 19.1. The van der Waals surface area contributed by atoms with Crippen molar-refractivity contribution < 1.29 is 9.13 Å². The molecule has 1 aliphatic heterocycles. The minimum atomic E-state index is -0.489. The van der Waals surface area contributed by atoms with E-state index in [1.165, 1.54) is 29.4 Å². The standard InChI is InChI=1S/C32H38FN7O/c1-21(39-11-9-35-20-39)19-41-30-5-3-4-24-14-29(40(31(24)30)16-22-6-7-22)32-36-27-12-25-17-38(18-26(34)15-33)10-8-23(25)13-28(27)37(32)2/h3-5,9,11-14,20-22,26H,6-8,10,15-19,34H2,1-2H3. The number of hydrogen-bond donors (Lipinski definition) is 1. The molecule has 2 unspecified atom stereocenters. The molecule has 0 radical (unpaired) electrons. The summed E-state index contributed by atoms with van der Waals surface area (Å²) < 4.78 is 26.2. The van der Waals surface area contributed by atoms with Gasteiger partial charge in [0.2, 0.25) is 0 Å². The smallest absolute Gasteiger partial charge is 0.157 e. The first-order chi connectivity index (χ1) is 20.0. The number of aromatic nitrogens is 5. The summed E-state index contributed by atoms with van der Waals surface area (Å²) in [5.74, 6) is 2.56. The summed E-state index contributed by atoms with van der Waals surface area (Å²) in [6, 6.07) is 12.9. The van der Waals surface area contributed by atoms with Gasteiger partial charge >= 0.3 is 0 Å². The van der Waals surface area contributed by atoms with Crippen LogP contribution >= 0.6 is 0 Å². The summed E-state index contributed by atoms with van der Waals surface area (Å²) in [6.07, 6.45) is 9.07. The van der Waals surface area contributed by atoms with Crippen LogP contribution in [0.4, 0.5) is 4.39 Å². The largest absolute Gasteiger partial charge is 0.489 e. The second-order valence-corrected chi connectivity index (χ2v) is 12.0. The number of alkyl halides is 1. The lowest BCUT2D eigenvalue weighted by atomic mass is 9.98. The molecule has 1 saturated carbocycles. The van der Waals surface area contributed by atoms with E-state index in [4.69, 9.17) is 15.5 Å². The molecule has 2 atom stereocenters. The first kappa shape index (κ1) is 26.2. The molecule has 0 spiro atoms. The van der Waals surface area contributed by atoms with Crippen molar-refractivity contribution in [1.82, 2.24) is 28.6 Å². The highest BCUT2D eigenvalue weighted by molar-refractivity contribution is 5.92. The Bertz CT molecular complexity index is 1680. The summed E-state index contributed by atoms with van der Waals surface area (Å²) in [6.45, 7) is 5.43. The highest BCUT2D eigenvalue weighted by Gasteiger charge is 2.27. The average molecular weight is 556 g/mol. The van der Waals surface area contributed by atoms with E-state index >= 15 is 0 Å². The Balaban J connectivity index is 1.26. The number of fused-ring (bicyclic) bond motifs is 3. The lowest BCUT2D eigenvalue weighted by molar-refractivity contribution is 0.224. The second-order valence-electron chi connectivity index (χ2n) is 12.0. The molecule has 0 amide bonds. The number of para-hydroxylation sites is 1. The summed E-state index contributed by atoms with van der Waals surface area (Å²) >= 11 is 0. The molecule has 8 nitrogen and oxygen atoms in total. The van der Waals surface area contributed by atoms with Crippen molar-refractivity contribution >= 4 is 21.9 Å². The fourth-order valence-corrected chi connectivity index (χ4v) is 6.24. The number of nitrogens with two attached hydrogens (primary N) is 1. The average Bonchev–Trinajstić information content (AvgIpc) is 3.35. The maximum absolute atomic E-state index is 13.0. The zero-order chi connectivity index (χ0) is 28.1. The Labute approximate surface area is 239 Å². The van der Waals surface area contributed by atoms with Crippen molar-refractivity contribution in [2.45, 2.75) is 51.4 Å². The van der Waals surface area contributed by atoms with E-state index in [0.717, 1.165) is 59.9 Å². The topological polar surface area (TPSA) is 79.1 Å². The van der Waals surface area contributed by atoms with Gasteiger partial charge in [-0.25, -0.2) is 14.4 Å². The Morgan fingerprint density at radius 3 is 2.83 bits per heavy atom. The number of nitrogens with zero attached hydrogens (tertiary/aromatic N) is 6. The van der Waals surface area contributed by atoms with Crippen LogP contribution in [0.15, 0.2) is 55.1 Å². The normalized spacial score (nSPS) is 17.3. The van der Waals surface area contributed by atoms with Gasteiger partial charge in [0.15, 0.2) is 5.82 Å². The molecule has 0 bridgehead atoms. The van der Waals surface area contributed by atoms with Crippen LogP contribution in [0.25, 0.3) is 33.5 Å². The van der Waals surface area contributed by atoms with E-state index < -0.39 is 12.7 Å². The van der Waals surface area contributed by atoms with Crippen LogP contribution in [0.3, 0.4) is 0 Å². The zero-order valence-electron chi connectivity index (χ0n) is 23.8. The van der Waals surface area contributed by atoms with Gasteiger partial charge in [-0.15, -0.1) is 0 Å². The summed E-state index contributed by atoms with van der Waals surface area (Å²) in [4.78, 5) is 11.6. The molecule has 2 aromatic carbocycles. The molecule has 2 aliphatic rings. The number of ether oxygens (including phenoxy) is 1. The molecule has 41 heavy (non-hydrogen) atoms. The molecule has 1 fully saturated rings. The predicted octanol–water partition coefficient (Wildman–Crippen LogP) is 5.10. The van der Waals surface area contributed by atoms with Crippen LogP contribution in [-0.4, -0.2) is 61.0 Å². The van der Waals surface area contributed by atoms with Gasteiger partial charge in [0.1, 0.15) is 19.0 Å². The molecule has 0 saturated heterocycles. The fourth-order valence-electron chi connectivity index (χ4n) is 6.24. The minimum absolute atomic E-state index is 0.175. The molecular weight excluding hydrogens is 517 g/mol. The molecular formula is C32H38FN7O. The number of hydrogen-bond acceptors (Lipinski definition) is 5.